The highest BCUT2D eigenvalue weighted by molar-refractivity contribution is 14.0. The molecule has 0 aliphatic carbocycles. The van der Waals surface area contributed by atoms with Gasteiger partial charge in [0.1, 0.15) is 0 Å². The summed E-state index contributed by atoms with van der Waals surface area (Å²) in [6.45, 7) is 7.14. The molecule has 1 aliphatic rings. The molecule has 0 radical (unpaired) electrons. The van der Waals surface area contributed by atoms with E-state index in [1.807, 2.05) is 6.92 Å². The summed E-state index contributed by atoms with van der Waals surface area (Å²) in [5.41, 5.74) is 2.41. The van der Waals surface area contributed by atoms with Crippen LogP contribution in [0.15, 0.2) is 29.3 Å². The second-order valence-corrected chi connectivity index (χ2v) is 5.99. The molecule has 148 valence electrons. The first-order valence-electron chi connectivity index (χ1n) is 9.11. The van der Waals surface area contributed by atoms with E-state index in [0.717, 1.165) is 51.7 Å². The van der Waals surface area contributed by atoms with Crippen molar-refractivity contribution >= 4 is 29.9 Å². The topological polar surface area (TPSA) is 64.1 Å². The Bertz CT molecular complexity index is 523. The molecule has 0 aromatic heterocycles. The molecule has 26 heavy (non-hydrogen) atoms. The average Bonchev–Trinajstić information content (AvgIpc) is 2.67. The van der Waals surface area contributed by atoms with Gasteiger partial charge < -0.3 is 24.8 Å². The van der Waals surface area contributed by atoms with Crippen molar-refractivity contribution in [2.24, 2.45) is 4.99 Å². The van der Waals surface area contributed by atoms with Crippen molar-refractivity contribution in [3.63, 3.8) is 0 Å². The molecule has 6 nitrogen and oxygen atoms in total. The number of aliphatic imine (C=N–C) groups is 1. The Balaban J connectivity index is 0.00000338. The number of ether oxygens (including phenoxy) is 3. The summed E-state index contributed by atoms with van der Waals surface area (Å²) in [6.07, 6.45) is 2.31. The Labute approximate surface area is 174 Å². The van der Waals surface area contributed by atoms with Gasteiger partial charge in [0.15, 0.2) is 5.96 Å². The molecular formula is C19H32IN3O3. The van der Waals surface area contributed by atoms with Gasteiger partial charge in [-0.05, 0) is 30.9 Å². The van der Waals surface area contributed by atoms with Gasteiger partial charge in [0.25, 0.3) is 0 Å². The number of guanidine groups is 1. The Kier molecular flexibility index (Phi) is 12.6. The van der Waals surface area contributed by atoms with Crippen molar-refractivity contribution in [2.75, 3.05) is 40.0 Å². The van der Waals surface area contributed by atoms with E-state index < -0.39 is 0 Å². The summed E-state index contributed by atoms with van der Waals surface area (Å²) >= 11 is 0. The molecule has 0 atom stereocenters. The zero-order valence-electron chi connectivity index (χ0n) is 15.8. The lowest BCUT2D eigenvalue weighted by Gasteiger charge is -2.22. The fourth-order valence-corrected chi connectivity index (χ4v) is 2.68. The second kappa shape index (κ2) is 14.2. The third kappa shape index (κ3) is 9.16. The predicted octanol–water partition coefficient (Wildman–Crippen LogP) is 2.70. The molecule has 0 saturated carbocycles. The molecule has 1 saturated heterocycles. The molecule has 0 amide bonds. The quantitative estimate of drug-likeness (QED) is 0.248. The van der Waals surface area contributed by atoms with E-state index in [9.17, 15) is 0 Å². The number of halogens is 1. The van der Waals surface area contributed by atoms with Gasteiger partial charge in [0, 0.05) is 40.0 Å². The molecule has 2 rings (SSSR count). The lowest BCUT2D eigenvalue weighted by atomic mass is 10.1. The predicted molar refractivity (Wildman–Crippen MR) is 115 cm³/mol. The summed E-state index contributed by atoms with van der Waals surface area (Å²) in [6, 6.07) is 8.47. The maximum Gasteiger partial charge on any atom is 0.191 e. The maximum absolute atomic E-state index is 6.00. The van der Waals surface area contributed by atoms with Crippen LogP contribution in [-0.4, -0.2) is 52.1 Å². The maximum atomic E-state index is 6.00. The summed E-state index contributed by atoms with van der Waals surface area (Å²) < 4.78 is 16.7. The van der Waals surface area contributed by atoms with E-state index in [1.165, 1.54) is 11.1 Å². The van der Waals surface area contributed by atoms with Crippen molar-refractivity contribution in [2.45, 2.75) is 39.0 Å². The zero-order valence-corrected chi connectivity index (χ0v) is 18.2. The van der Waals surface area contributed by atoms with Gasteiger partial charge in [-0.3, -0.25) is 4.99 Å². The monoisotopic (exact) mass is 477 g/mol. The molecular weight excluding hydrogens is 445 g/mol. The van der Waals surface area contributed by atoms with Crippen molar-refractivity contribution in [1.29, 1.82) is 0 Å². The fourth-order valence-electron chi connectivity index (χ4n) is 2.68. The van der Waals surface area contributed by atoms with Crippen LogP contribution in [0.5, 0.6) is 0 Å². The number of nitrogens with one attached hydrogen (secondary N) is 2. The number of nitrogens with zero attached hydrogens (tertiary/aromatic N) is 1. The van der Waals surface area contributed by atoms with Gasteiger partial charge in [-0.1, -0.05) is 24.3 Å². The largest absolute Gasteiger partial charge is 0.381 e. The van der Waals surface area contributed by atoms with Gasteiger partial charge in [0.05, 0.1) is 19.3 Å². The first kappa shape index (κ1) is 23.1. The number of benzene rings is 1. The summed E-state index contributed by atoms with van der Waals surface area (Å²) in [5.74, 6) is 0.781. The van der Waals surface area contributed by atoms with Crippen LogP contribution in [0.3, 0.4) is 0 Å². The second-order valence-electron chi connectivity index (χ2n) is 5.99. The smallest absolute Gasteiger partial charge is 0.191 e. The number of hydrogen-bond acceptors (Lipinski definition) is 4. The van der Waals surface area contributed by atoms with Crippen LogP contribution in [0.4, 0.5) is 0 Å². The zero-order chi connectivity index (χ0) is 17.7. The average molecular weight is 477 g/mol. The van der Waals surface area contributed by atoms with Crippen molar-refractivity contribution in [1.82, 2.24) is 10.6 Å². The van der Waals surface area contributed by atoms with E-state index in [-0.39, 0.29) is 24.0 Å². The van der Waals surface area contributed by atoms with Crippen LogP contribution in [0.2, 0.25) is 0 Å². The van der Waals surface area contributed by atoms with Crippen LogP contribution >= 0.6 is 24.0 Å². The van der Waals surface area contributed by atoms with E-state index in [1.54, 1.807) is 7.05 Å². The molecule has 1 aromatic carbocycles. The highest BCUT2D eigenvalue weighted by Gasteiger charge is 2.14. The highest BCUT2D eigenvalue weighted by atomic mass is 127. The lowest BCUT2D eigenvalue weighted by molar-refractivity contribution is -0.0390. The van der Waals surface area contributed by atoms with Crippen LogP contribution in [0.25, 0.3) is 0 Å². The highest BCUT2D eigenvalue weighted by Crippen LogP contribution is 2.14. The van der Waals surface area contributed by atoms with Crippen LogP contribution < -0.4 is 10.6 Å². The molecule has 1 fully saturated rings. The third-order valence-corrected chi connectivity index (χ3v) is 4.07. The van der Waals surface area contributed by atoms with Gasteiger partial charge in [0.2, 0.25) is 0 Å². The molecule has 1 aromatic rings. The molecule has 0 spiro atoms. The molecule has 7 heteroatoms. The third-order valence-electron chi connectivity index (χ3n) is 4.07. The van der Waals surface area contributed by atoms with Gasteiger partial charge in [-0.2, -0.15) is 0 Å². The number of rotatable bonds is 9. The normalized spacial score (nSPS) is 15.4. The van der Waals surface area contributed by atoms with E-state index in [2.05, 4.69) is 39.9 Å². The minimum Gasteiger partial charge on any atom is -0.381 e. The Hall–Kier alpha value is -0.900. The Morgan fingerprint density at radius 3 is 2.73 bits per heavy atom. The van der Waals surface area contributed by atoms with E-state index in [4.69, 9.17) is 14.2 Å². The summed E-state index contributed by atoms with van der Waals surface area (Å²) in [7, 11) is 1.77. The van der Waals surface area contributed by atoms with Crippen LogP contribution in [0, 0.1) is 0 Å². The van der Waals surface area contributed by atoms with Gasteiger partial charge >= 0.3 is 0 Å². The molecule has 0 bridgehead atoms. The Morgan fingerprint density at radius 2 is 2.00 bits per heavy atom. The van der Waals surface area contributed by atoms with Crippen molar-refractivity contribution < 1.29 is 14.2 Å². The first-order chi connectivity index (χ1) is 12.3. The van der Waals surface area contributed by atoms with E-state index in [0.29, 0.717) is 19.3 Å². The van der Waals surface area contributed by atoms with Crippen LogP contribution in [0.1, 0.15) is 30.9 Å². The molecule has 0 unspecified atom stereocenters. The Morgan fingerprint density at radius 1 is 1.23 bits per heavy atom. The van der Waals surface area contributed by atoms with E-state index >= 15 is 0 Å². The minimum absolute atomic E-state index is 0. The molecule has 1 heterocycles. The van der Waals surface area contributed by atoms with Gasteiger partial charge in [-0.15, -0.1) is 24.0 Å². The standard InChI is InChI=1S/C19H31N3O3.HI/c1-3-23-12-9-21-19(20-2)22-14-16-5-4-6-17(13-16)15-25-18-7-10-24-11-8-18;/h4-6,13,18H,3,7-12,14-15H2,1-2H3,(H2,20,21,22);1H. The van der Waals surface area contributed by atoms with Crippen LogP contribution in [-0.2, 0) is 27.4 Å². The number of hydrogen-bond donors (Lipinski definition) is 2. The van der Waals surface area contributed by atoms with Crippen molar-refractivity contribution in [3.8, 4) is 0 Å². The molecule has 1 aliphatic heterocycles. The minimum atomic E-state index is 0. The van der Waals surface area contributed by atoms with Crippen molar-refractivity contribution in [3.05, 3.63) is 35.4 Å². The first-order valence-corrected chi connectivity index (χ1v) is 9.11. The molecule has 2 N–H and O–H groups in total. The fraction of sp³-hybridized carbons (Fsp3) is 0.632. The lowest BCUT2D eigenvalue weighted by Crippen LogP contribution is -2.38. The summed E-state index contributed by atoms with van der Waals surface area (Å²) in [5, 5.41) is 6.56. The van der Waals surface area contributed by atoms with Gasteiger partial charge in [-0.25, -0.2) is 0 Å². The summed E-state index contributed by atoms with van der Waals surface area (Å²) in [4.78, 5) is 4.22. The SMILES string of the molecule is CCOCCNC(=NC)NCc1cccc(COC2CCOCC2)c1.I.